The summed E-state index contributed by atoms with van der Waals surface area (Å²) >= 11 is 0. The number of hydrogen-bond acceptors (Lipinski definition) is 8. The summed E-state index contributed by atoms with van der Waals surface area (Å²) in [6.07, 6.45) is 72.2. The highest BCUT2D eigenvalue weighted by atomic mass is 31.2. The number of aryl methyl sites for hydroxylation is 2. The van der Waals surface area contributed by atoms with Crippen LogP contribution in [0, 0.1) is 23.7 Å². The monoisotopic (exact) mass is 1350 g/mol. The number of nitrogens with zero attached hydrogens (tertiary/aromatic N) is 3. The van der Waals surface area contributed by atoms with E-state index in [0.29, 0.717) is 23.7 Å². The van der Waals surface area contributed by atoms with Crippen LogP contribution in [-0.2, 0) is 40.3 Å². The zero-order chi connectivity index (χ0) is 68.9. The van der Waals surface area contributed by atoms with Crippen molar-refractivity contribution >= 4 is 15.6 Å². The fourth-order valence-corrected chi connectivity index (χ4v) is 13.5. The van der Waals surface area contributed by atoms with Gasteiger partial charge in [-0.2, -0.15) is 0 Å². The van der Waals surface area contributed by atoms with Crippen molar-refractivity contribution in [2.45, 2.75) is 417 Å². The first-order valence-electron chi connectivity index (χ1n) is 40.5. The lowest BCUT2D eigenvalue weighted by Crippen LogP contribution is -2.41. The third-order valence-electron chi connectivity index (χ3n) is 19.1. The predicted octanol–water partition coefficient (Wildman–Crippen LogP) is 25.0. The number of quaternary nitrogens is 1. The van der Waals surface area contributed by atoms with Crippen molar-refractivity contribution in [3.63, 3.8) is 0 Å². The van der Waals surface area contributed by atoms with Gasteiger partial charge in [-0.15, -0.1) is 0 Å². The van der Waals surface area contributed by atoms with E-state index in [0.717, 1.165) is 103 Å². The van der Waals surface area contributed by atoms with Gasteiger partial charge >= 0.3 is 0 Å². The van der Waals surface area contributed by atoms with E-state index >= 15 is 0 Å². The fourth-order valence-electron chi connectivity index (χ4n) is 11.8. The van der Waals surface area contributed by atoms with Crippen LogP contribution in [0.5, 0.6) is 0 Å². The Morgan fingerprint density at radius 1 is 0.348 bits per heavy atom. The van der Waals surface area contributed by atoms with Crippen molar-refractivity contribution < 1.29 is 46.1 Å². The van der Waals surface area contributed by atoms with Gasteiger partial charge in [-0.25, -0.2) is 9.13 Å². The Kier molecular flexibility index (Phi) is 74.4. The van der Waals surface area contributed by atoms with Crippen LogP contribution in [0.1, 0.15) is 404 Å². The highest BCUT2D eigenvalue weighted by Crippen LogP contribution is 2.41. The molecule has 0 amide bonds. The van der Waals surface area contributed by atoms with Crippen LogP contribution in [0.25, 0.3) is 0 Å². The summed E-state index contributed by atoms with van der Waals surface area (Å²) in [6, 6.07) is 0. The molecule has 4 unspecified atom stereocenters. The van der Waals surface area contributed by atoms with E-state index in [2.05, 4.69) is 125 Å². The second kappa shape index (κ2) is 71.7. The Bertz CT molecular complexity index is 1550. The standard InChI is InChI=1S/C34H72N.2C16H35O4P.C13H25N2/c1-5-7-9-11-13-15-17-19-21-23-25-27-29-31-33-35(3,4)34-32-30-28-26-24-22-20-18-16-14-12-10-8-6-2;2*1-5-9-11-15(7-3)13-19-21(17,18)20-14-16(8-4)12-10-6-2;1-3-5-7-8-10-15-12-11-14(13-15)9-6-4-2/h5-34H2,1-4H3;2*15-16H,5-14H2,1-4H3,(H,17,18);11-13H,3-10H2,1-2H3/q+1;;;+1/p-2. The first-order chi connectivity index (χ1) is 44.5. The van der Waals surface area contributed by atoms with Gasteiger partial charge in [-0.3, -0.25) is 9.13 Å². The second-order valence-corrected chi connectivity index (χ2v) is 31.4. The summed E-state index contributed by atoms with van der Waals surface area (Å²) in [5.41, 5.74) is 0. The van der Waals surface area contributed by atoms with Gasteiger partial charge in [0.05, 0.1) is 66.7 Å². The van der Waals surface area contributed by atoms with E-state index in [1.54, 1.807) is 0 Å². The second-order valence-electron chi connectivity index (χ2n) is 28.6. The molecule has 0 aromatic carbocycles. The molecule has 92 heavy (non-hydrogen) atoms. The highest BCUT2D eigenvalue weighted by Gasteiger charge is 2.19. The number of aromatic nitrogens is 2. The molecule has 0 radical (unpaired) electrons. The first-order valence-corrected chi connectivity index (χ1v) is 43.4. The smallest absolute Gasteiger partial charge is 0.267 e. The summed E-state index contributed by atoms with van der Waals surface area (Å²) in [6.45, 7) is 32.1. The molecule has 1 rings (SSSR count). The number of phosphoric acid groups is 2. The first kappa shape index (κ1) is 95.6. The maximum Gasteiger partial charge on any atom is 0.267 e. The largest absolute Gasteiger partial charge is 0.756 e. The normalized spacial score (nSPS) is 14.3. The van der Waals surface area contributed by atoms with E-state index in [9.17, 15) is 18.9 Å². The van der Waals surface area contributed by atoms with Gasteiger partial charge in [0.2, 0.25) is 6.33 Å². The molecular formula is C79H165N3O8P2. The molecule has 0 saturated heterocycles. The van der Waals surface area contributed by atoms with Crippen molar-refractivity contribution in [3.8, 4) is 0 Å². The minimum Gasteiger partial charge on any atom is -0.756 e. The van der Waals surface area contributed by atoms with Crippen molar-refractivity contribution in [3.05, 3.63) is 18.7 Å². The Morgan fingerprint density at radius 2 is 0.587 bits per heavy atom. The molecule has 11 nitrogen and oxygen atoms in total. The molecule has 1 aromatic rings. The fraction of sp³-hybridized carbons (Fsp3) is 0.962. The van der Waals surface area contributed by atoms with Gasteiger partial charge in [0.1, 0.15) is 12.4 Å². The molecule has 0 N–H and O–H groups in total. The van der Waals surface area contributed by atoms with Crippen LogP contribution < -0.4 is 14.4 Å². The van der Waals surface area contributed by atoms with Crippen molar-refractivity contribution in [2.75, 3.05) is 53.6 Å². The zero-order valence-corrected chi connectivity index (χ0v) is 66.3. The van der Waals surface area contributed by atoms with Crippen LogP contribution >= 0.6 is 15.6 Å². The van der Waals surface area contributed by atoms with E-state index in [1.807, 2.05) is 0 Å². The van der Waals surface area contributed by atoms with Gasteiger partial charge < -0.3 is 32.4 Å². The number of unbranched alkanes of at least 4 members (excludes halogenated alkanes) is 34. The van der Waals surface area contributed by atoms with Gasteiger partial charge in [0.15, 0.2) is 0 Å². The number of rotatable bonds is 66. The summed E-state index contributed by atoms with van der Waals surface area (Å²) in [7, 11) is -3.36. The van der Waals surface area contributed by atoms with Gasteiger partial charge in [0.25, 0.3) is 15.6 Å². The Hall–Kier alpha value is -0.610. The number of hydrogen-bond donors (Lipinski definition) is 0. The molecular weight excluding hydrogens is 1180 g/mol. The van der Waals surface area contributed by atoms with Gasteiger partial charge in [0, 0.05) is 0 Å². The van der Waals surface area contributed by atoms with Crippen LogP contribution in [0.2, 0.25) is 0 Å². The molecule has 4 atom stereocenters. The lowest BCUT2D eigenvalue weighted by atomic mass is 10.0. The van der Waals surface area contributed by atoms with Crippen LogP contribution in [0.4, 0.5) is 0 Å². The third kappa shape index (κ3) is 69.3. The van der Waals surface area contributed by atoms with E-state index < -0.39 is 15.6 Å². The van der Waals surface area contributed by atoms with Crippen LogP contribution in [0.3, 0.4) is 0 Å². The summed E-state index contributed by atoms with van der Waals surface area (Å²) in [4.78, 5) is 23.6. The van der Waals surface area contributed by atoms with Crippen molar-refractivity contribution in [2.24, 2.45) is 23.7 Å². The summed E-state index contributed by atoms with van der Waals surface area (Å²) in [5.74, 6) is 1.21. The van der Waals surface area contributed by atoms with Crippen molar-refractivity contribution in [1.82, 2.24) is 4.57 Å². The predicted molar refractivity (Wildman–Crippen MR) is 398 cm³/mol. The maximum atomic E-state index is 11.8. The molecule has 1 aromatic heterocycles. The summed E-state index contributed by atoms with van der Waals surface area (Å²) < 4.78 is 49.7. The van der Waals surface area contributed by atoms with Crippen LogP contribution in [0.15, 0.2) is 18.7 Å². The molecule has 0 aliphatic heterocycles. The Balaban J connectivity index is -0.00000121. The summed E-state index contributed by atoms with van der Waals surface area (Å²) in [5, 5.41) is 0. The molecule has 0 aliphatic rings. The van der Waals surface area contributed by atoms with E-state index in [-0.39, 0.29) is 26.4 Å². The van der Waals surface area contributed by atoms with Crippen LogP contribution in [-0.4, -0.2) is 62.7 Å². The minimum absolute atomic E-state index is 0.253. The quantitative estimate of drug-likeness (QED) is 0.0273. The molecule has 13 heteroatoms. The molecule has 0 aliphatic carbocycles. The molecule has 0 fully saturated rings. The number of imidazole rings is 1. The van der Waals surface area contributed by atoms with Gasteiger partial charge in [-0.05, 0) is 94.3 Å². The molecule has 554 valence electrons. The van der Waals surface area contributed by atoms with Crippen molar-refractivity contribution in [1.29, 1.82) is 0 Å². The van der Waals surface area contributed by atoms with E-state index in [4.69, 9.17) is 18.1 Å². The topological polar surface area (TPSA) is 126 Å². The Labute approximate surface area is 576 Å². The lowest BCUT2D eigenvalue weighted by Gasteiger charge is -2.30. The molecule has 0 spiro atoms. The third-order valence-corrected chi connectivity index (χ3v) is 20.9. The van der Waals surface area contributed by atoms with E-state index in [1.165, 1.54) is 249 Å². The number of phosphoric ester groups is 2. The maximum absolute atomic E-state index is 11.8. The van der Waals surface area contributed by atoms with Gasteiger partial charge in [-0.1, -0.05) is 333 Å². The molecule has 0 bridgehead atoms. The molecule has 0 saturated carbocycles. The minimum atomic E-state index is -4.14. The average Bonchev–Trinajstić information content (AvgIpc) is 2.81. The zero-order valence-electron chi connectivity index (χ0n) is 64.6. The highest BCUT2D eigenvalue weighted by molar-refractivity contribution is 7.46. The average molecular weight is 1350 g/mol. The Morgan fingerprint density at radius 3 is 0.837 bits per heavy atom. The molecule has 1 heterocycles. The SMILES string of the molecule is CCCCC(CC)COP(=O)([O-])OCC(CC)CCCC.CCCCC(CC)COP(=O)([O-])OCC(CC)CCCC.CCCCCCCCCCCCCCCC[N+](C)(C)CCCCCCCCCCCCCCCC.CCCCCC[n+]1ccn(CCCC)c1. The lowest BCUT2D eigenvalue weighted by molar-refractivity contribution is -0.890.